The molecule has 7 heteroatoms. The first-order chi connectivity index (χ1) is 15.0. The van der Waals surface area contributed by atoms with Crippen molar-refractivity contribution >= 4 is 28.4 Å². The predicted octanol–water partition coefficient (Wildman–Crippen LogP) is 3.87. The molecular weight excluding hydrogens is 412 g/mol. The summed E-state index contributed by atoms with van der Waals surface area (Å²) in [5, 5.41) is 5.21. The Morgan fingerprint density at radius 2 is 1.39 bits per heavy atom. The smallest absolute Gasteiger partial charge is 0.304 e. The van der Waals surface area contributed by atoms with E-state index < -0.39 is 11.1 Å². The third kappa shape index (κ3) is 3.45. The first-order valence-electron chi connectivity index (χ1n) is 9.92. The number of fused-ring (bicyclic) bond motifs is 3. The standard InChI is InChI=1S/C24H19ClN4O2/c1-16-6-8-17(9-7-16)14-27-20-4-2-3-5-21(20)29-23(31)22(30)28(26-24(27)29)15-18-10-12-19(25)13-11-18/h2-13H,14-15H2,1H3. The van der Waals surface area contributed by atoms with Crippen LogP contribution in [-0.4, -0.2) is 18.7 Å². The summed E-state index contributed by atoms with van der Waals surface area (Å²) in [7, 11) is 0. The molecule has 0 aliphatic carbocycles. The zero-order valence-electron chi connectivity index (χ0n) is 16.8. The van der Waals surface area contributed by atoms with Crippen LogP contribution >= 0.6 is 11.6 Å². The van der Waals surface area contributed by atoms with E-state index in [1.807, 2.05) is 47.9 Å². The molecule has 154 valence electrons. The van der Waals surface area contributed by atoms with E-state index in [1.165, 1.54) is 14.6 Å². The summed E-state index contributed by atoms with van der Waals surface area (Å²) in [6.07, 6.45) is 0. The number of aryl methyl sites for hydroxylation is 1. The van der Waals surface area contributed by atoms with Crippen LogP contribution in [0.4, 0.5) is 0 Å². The van der Waals surface area contributed by atoms with Gasteiger partial charge in [-0.25, -0.2) is 9.08 Å². The molecule has 0 aliphatic heterocycles. The number of benzene rings is 3. The molecule has 0 atom stereocenters. The molecule has 0 bridgehead atoms. The maximum atomic E-state index is 13.1. The first-order valence-corrected chi connectivity index (χ1v) is 10.3. The second-order valence-electron chi connectivity index (χ2n) is 7.59. The van der Waals surface area contributed by atoms with Crippen molar-refractivity contribution < 1.29 is 0 Å². The van der Waals surface area contributed by atoms with Gasteiger partial charge in [0.05, 0.1) is 24.1 Å². The molecule has 0 fully saturated rings. The Morgan fingerprint density at radius 1 is 0.774 bits per heavy atom. The van der Waals surface area contributed by atoms with Gasteiger partial charge in [0.15, 0.2) is 0 Å². The Hall–Kier alpha value is -3.64. The fourth-order valence-electron chi connectivity index (χ4n) is 3.78. The molecule has 5 aromatic rings. The minimum atomic E-state index is -0.661. The van der Waals surface area contributed by atoms with Gasteiger partial charge in [-0.1, -0.05) is 65.7 Å². The predicted molar refractivity (Wildman–Crippen MR) is 122 cm³/mol. The van der Waals surface area contributed by atoms with Crippen molar-refractivity contribution in [2.24, 2.45) is 0 Å². The summed E-state index contributed by atoms with van der Waals surface area (Å²) < 4.78 is 4.61. The van der Waals surface area contributed by atoms with Crippen LogP contribution in [0.1, 0.15) is 16.7 Å². The highest BCUT2D eigenvalue weighted by atomic mass is 35.5. The van der Waals surface area contributed by atoms with Crippen LogP contribution in [0.15, 0.2) is 82.4 Å². The lowest BCUT2D eigenvalue weighted by Crippen LogP contribution is -2.40. The number of rotatable bonds is 4. The van der Waals surface area contributed by atoms with Crippen molar-refractivity contribution in [3.05, 3.63) is 115 Å². The first kappa shape index (κ1) is 19.3. The summed E-state index contributed by atoms with van der Waals surface area (Å²) in [6, 6.07) is 22.9. The molecular formula is C24H19ClN4O2. The van der Waals surface area contributed by atoms with E-state index in [2.05, 4.69) is 29.4 Å². The maximum absolute atomic E-state index is 13.1. The molecule has 0 radical (unpaired) electrons. The number of nitrogens with zero attached hydrogens (tertiary/aromatic N) is 4. The molecule has 0 N–H and O–H groups in total. The molecule has 0 spiro atoms. The zero-order chi connectivity index (χ0) is 21.5. The third-order valence-electron chi connectivity index (χ3n) is 5.39. The van der Waals surface area contributed by atoms with E-state index in [0.29, 0.717) is 22.9 Å². The highest BCUT2D eigenvalue weighted by molar-refractivity contribution is 6.30. The Labute approximate surface area is 182 Å². The van der Waals surface area contributed by atoms with Crippen LogP contribution in [0.5, 0.6) is 0 Å². The molecule has 2 aromatic heterocycles. The summed E-state index contributed by atoms with van der Waals surface area (Å²) in [6.45, 7) is 2.76. The highest BCUT2D eigenvalue weighted by Gasteiger charge is 2.17. The number of imidazole rings is 1. The normalized spacial score (nSPS) is 11.4. The van der Waals surface area contributed by atoms with Crippen molar-refractivity contribution in [2.75, 3.05) is 0 Å². The molecule has 31 heavy (non-hydrogen) atoms. The van der Waals surface area contributed by atoms with Gasteiger partial charge < -0.3 is 4.57 Å². The van der Waals surface area contributed by atoms with E-state index in [0.717, 1.165) is 16.6 Å². The molecule has 6 nitrogen and oxygen atoms in total. The molecule has 0 saturated carbocycles. The Bertz CT molecular complexity index is 1530. The van der Waals surface area contributed by atoms with E-state index in [4.69, 9.17) is 11.6 Å². The number of aromatic nitrogens is 4. The SMILES string of the molecule is Cc1ccc(Cn2c3ccccc3n3c(=O)c(=O)n(Cc4ccc(Cl)cc4)nc23)cc1. The van der Waals surface area contributed by atoms with Crippen molar-refractivity contribution in [2.45, 2.75) is 20.0 Å². The van der Waals surface area contributed by atoms with Gasteiger partial charge in [0.2, 0.25) is 5.78 Å². The molecule has 0 unspecified atom stereocenters. The Balaban J connectivity index is 1.73. The van der Waals surface area contributed by atoms with Gasteiger partial charge in [-0.15, -0.1) is 5.10 Å². The van der Waals surface area contributed by atoms with E-state index in [1.54, 1.807) is 12.1 Å². The van der Waals surface area contributed by atoms with Gasteiger partial charge >= 0.3 is 11.1 Å². The average molecular weight is 431 g/mol. The second-order valence-corrected chi connectivity index (χ2v) is 8.03. The van der Waals surface area contributed by atoms with Crippen molar-refractivity contribution in [3.8, 4) is 0 Å². The summed E-state index contributed by atoms with van der Waals surface area (Å²) >= 11 is 5.96. The van der Waals surface area contributed by atoms with Crippen LogP contribution in [0, 0.1) is 6.92 Å². The van der Waals surface area contributed by atoms with Crippen molar-refractivity contribution in [1.82, 2.24) is 18.7 Å². The lowest BCUT2D eigenvalue weighted by atomic mass is 10.1. The van der Waals surface area contributed by atoms with Crippen molar-refractivity contribution in [1.29, 1.82) is 0 Å². The fourth-order valence-corrected chi connectivity index (χ4v) is 3.90. The quantitative estimate of drug-likeness (QED) is 0.407. The average Bonchev–Trinajstić information content (AvgIpc) is 3.08. The van der Waals surface area contributed by atoms with E-state index >= 15 is 0 Å². The van der Waals surface area contributed by atoms with Crippen molar-refractivity contribution in [3.63, 3.8) is 0 Å². The molecule has 3 aromatic carbocycles. The second kappa shape index (κ2) is 7.56. The highest BCUT2D eigenvalue weighted by Crippen LogP contribution is 2.20. The molecule has 0 aliphatic rings. The number of hydrogen-bond acceptors (Lipinski definition) is 3. The molecule has 0 saturated heterocycles. The summed E-state index contributed by atoms with van der Waals surface area (Å²) in [5.74, 6) is 0.431. The molecule has 0 amide bonds. The summed E-state index contributed by atoms with van der Waals surface area (Å²) in [4.78, 5) is 25.9. The van der Waals surface area contributed by atoms with Gasteiger partial charge in [0, 0.05) is 5.02 Å². The Kier molecular flexibility index (Phi) is 4.71. The third-order valence-corrected chi connectivity index (χ3v) is 5.64. The molecule has 5 rings (SSSR count). The van der Waals surface area contributed by atoms with Gasteiger partial charge in [-0.2, -0.15) is 0 Å². The minimum Gasteiger partial charge on any atom is -0.304 e. The maximum Gasteiger partial charge on any atom is 0.333 e. The van der Waals surface area contributed by atoms with Crippen LogP contribution in [0.3, 0.4) is 0 Å². The monoisotopic (exact) mass is 430 g/mol. The largest absolute Gasteiger partial charge is 0.333 e. The topological polar surface area (TPSA) is 61.3 Å². The lowest BCUT2D eigenvalue weighted by Gasteiger charge is -2.09. The van der Waals surface area contributed by atoms with Gasteiger partial charge in [-0.05, 0) is 42.3 Å². The number of halogens is 1. The van der Waals surface area contributed by atoms with Gasteiger partial charge in [0.1, 0.15) is 0 Å². The van der Waals surface area contributed by atoms with Crippen LogP contribution in [0.2, 0.25) is 5.02 Å². The Morgan fingerprint density at radius 3 is 2.10 bits per heavy atom. The molecule has 2 heterocycles. The van der Waals surface area contributed by atoms with Crippen LogP contribution in [0.25, 0.3) is 16.8 Å². The number of hydrogen-bond donors (Lipinski definition) is 0. The minimum absolute atomic E-state index is 0.188. The van der Waals surface area contributed by atoms with E-state index in [9.17, 15) is 9.59 Å². The zero-order valence-corrected chi connectivity index (χ0v) is 17.6. The van der Waals surface area contributed by atoms with E-state index in [-0.39, 0.29) is 6.54 Å². The van der Waals surface area contributed by atoms with Crippen LogP contribution in [-0.2, 0) is 13.1 Å². The van der Waals surface area contributed by atoms with Gasteiger partial charge in [0.25, 0.3) is 0 Å². The number of para-hydroxylation sites is 2. The lowest BCUT2D eigenvalue weighted by molar-refractivity contribution is 0.614. The fraction of sp³-hybridized carbons (Fsp3) is 0.125. The van der Waals surface area contributed by atoms with Gasteiger partial charge in [-0.3, -0.25) is 9.59 Å². The summed E-state index contributed by atoms with van der Waals surface area (Å²) in [5.41, 5.74) is 3.33. The van der Waals surface area contributed by atoms with Crippen LogP contribution < -0.4 is 11.1 Å².